The van der Waals surface area contributed by atoms with Crippen molar-refractivity contribution in [2.75, 3.05) is 12.3 Å². The monoisotopic (exact) mass is 521 g/mol. The molecule has 1 aliphatic carbocycles. The Kier molecular flexibility index (Phi) is 11.5. The summed E-state index contributed by atoms with van der Waals surface area (Å²) in [5.41, 5.74) is 12.6. The van der Waals surface area contributed by atoms with Gasteiger partial charge in [-0.15, -0.1) is 0 Å². The van der Waals surface area contributed by atoms with Crippen LogP contribution in [-0.4, -0.2) is 11.5 Å². The van der Waals surface area contributed by atoms with Crippen LogP contribution in [0.1, 0.15) is 87.0 Å². The third-order valence-corrected chi connectivity index (χ3v) is 7.29. The lowest BCUT2D eigenvalue weighted by Crippen LogP contribution is -2.06. The fourth-order valence-corrected chi connectivity index (χ4v) is 4.92. The average molecular weight is 522 g/mol. The van der Waals surface area contributed by atoms with E-state index in [0.29, 0.717) is 12.2 Å². The van der Waals surface area contributed by atoms with Crippen molar-refractivity contribution in [3.8, 4) is 11.1 Å². The van der Waals surface area contributed by atoms with Gasteiger partial charge < -0.3 is 11.1 Å². The van der Waals surface area contributed by atoms with E-state index in [1.54, 1.807) is 12.3 Å². The zero-order valence-corrected chi connectivity index (χ0v) is 23.1. The zero-order valence-electron chi connectivity index (χ0n) is 22.3. The van der Waals surface area contributed by atoms with Crippen LogP contribution in [0.5, 0.6) is 0 Å². The third kappa shape index (κ3) is 8.33. The number of fused-ring (bicyclic) bond motifs is 1. The number of nitrogens with zero attached hydrogens (tertiary/aromatic N) is 1. The lowest BCUT2D eigenvalue weighted by atomic mass is 9.99. The van der Waals surface area contributed by atoms with Crippen molar-refractivity contribution in [3.63, 3.8) is 0 Å². The third-order valence-electron chi connectivity index (χ3n) is 6.91. The molecule has 5 heteroatoms. The SMILES string of the molecule is C=CNCCCCc1ccc(-c2cnc(N)c(CC3c4ccc(F)c(Cl)c43)c2)cc1.CCCCCCC. The number of hydrogen-bond acceptors (Lipinski definition) is 3. The second-order valence-electron chi connectivity index (χ2n) is 9.76. The molecule has 0 aliphatic heterocycles. The molecule has 4 rings (SSSR count). The summed E-state index contributed by atoms with van der Waals surface area (Å²) in [6, 6.07) is 13.9. The maximum atomic E-state index is 13.7. The lowest BCUT2D eigenvalue weighted by Gasteiger charge is -2.09. The molecule has 1 aromatic heterocycles. The Labute approximate surface area is 227 Å². The van der Waals surface area contributed by atoms with Crippen molar-refractivity contribution < 1.29 is 4.39 Å². The molecule has 0 saturated carbocycles. The molecule has 0 bridgehead atoms. The summed E-state index contributed by atoms with van der Waals surface area (Å²) < 4.78 is 13.7. The first-order valence-corrected chi connectivity index (χ1v) is 14.0. The molecular weight excluding hydrogens is 481 g/mol. The van der Waals surface area contributed by atoms with E-state index in [1.165, 1.54) is 43.7 Å². The van der Waals surface area contributed by atoms with Gasteiger partial charge in [-0.05, 0) is 71.8 Å². The van der Waals surface area contributed by atoms with E-state index >= 15 is 0 Å². The Morgan fingerprint density at radius 1 is 1.00 bits per heavy atom. The van der Waals surface area contributed by atoms with Crippen LogP contribution in [0.25, 0.3) is 11.1 Å². The van der Waals surface area contributed by atoms with Crippen LogP contribution in [0.3, 0.4) is 0 Å². The number of hydrogen-bond donors (Lipinski definition) is 2. The number of halogens is 2. The van der Waals surface area contributed by atoms with Crippen LogP contribution < -0.4 is 11.1 Å². The Bertz CT molecular complexity index is 1140. The van der Waals surface area contributed by atoms with Gasteiger partial charge in [-0.3, -0.25) is 0 Å². The van der Waals surface area contributed by atoms with Crippen molar-refractivity contribution in [1.29, 1.82) is 0 Å². The van der Waals surface area contributed by atoms with Gasteiger partial charge in [0.2, 0.25) is 0 Å². The maximum Gasteiger partial charge on any atom is 0.142 e. The smallest absolute Gasteiger partial charge is 0.142 e. The summed E-state index contributed by atoms with van der Waals surface area (Å²) in [5.74, 6) is 0.270. The number of rotatable bonds is 13. The number of pyridine rings is 1. The molecule has 2 aromatic carbocycles. The highest BCUT2D eigenvalue weighted by Gasteiger charge is 2.36. The molecule has 0 spiro atoms. The second-order valence-corrected chi connectivity index (χ2v) is 10.1. The Hall–Kier alpha value is -2.85. The van der Waals surface area contributed by atoms with E-state index in [0.717, 1.165) is 53.6 Å². The molecule has 3 nitrogen and oxygen atoms in total. The topological polar surface area (TPSA) is 50.9 Å². The first kappa shape index (κ1) is 28.7. The Balaban J connectivity index is 0.000000479. The highest BCUT2D eigenvalue weighted by Crippen LogP contribution is 2.50. The minimum atomic E-state index is -0.366. The van der Waals surface area contributed by atoms with Gasteiger partial charge in [0.15, 0.2) is 0 Å². The summed E-state index contributed by atoms with van der Waals surface area (Å²) in [6.45, 7) is 9.11. The Morgan fingerprint density at radius 3 is 2.41 bits per heavy atom. The number of aryl methyl sites for hydroxylation is 1. The normalized spacial score (nSPS) is 13.4. The van der Waals surface area contributed by atoms with Crippen molar-refractivity contribution in [3.05, 3.63) is 94.5 Å². The number of anilines is 1. The van der Waals surface area contributed by atoms with E-state index in [1.807, 2.05) is 6.20 Å². The van der Waals surface area contributed by atoms with Crippen LogP contribution in [0.2, 0.25) is 5.02 Å². The van der Waals surface area contributed by atoms with Crippen LogP contribution in [0.4, 0.5) is 10.2 Å². The van der Waals surface area contributed by atoms with E-state index in [4.69, 9.17) is 17.3 Å². The standard InChI is InChI=1S/C25H25ClFN3.C7H16/c1-2-29-12-4-3-5-16-6-8-17(9-7-16)19-13-18(25(28)30-15-19)14-21-20-10-11-22(27)24(26)23(20)21;1-3-5-7-6-4-2/h2,6-11,13,15,21,29H,1,3-5,12,14H2,(H2,28,30);3-7H2,1-2H3. The number of benzene rings is 2. The van der Waals surface area contributed by atoms with Crippen LogP contribution in [-0.2, 0) is 12.8 Å². The Morgan fingerprint density at radius 2 is 1.73 bits per heavy atom. The van der Waals surface area contributed by atoms with Gasteiger partial charge in [-0.2, -0.15) is 0 Å². The van der Waals surface area contributed by atoms with E-state index in [2.05, 4.69) is 61.1 Å². The van der Waals surface area contributed by atoms with Crippen molar-refractivity contribution >= 4 is 17.4 Å². The molecule has 0 amide bonds. The molecule has 0 saturated heterocycles. The lowest BCUT2D eigenvalue weighted by molar-refractivity contribution is 0.628. The minimum Gasteiger partial charge on any atom is -0.391 e. The molecule has 1 unspecified atom stereocenters. The molecule has 0 radical (unpaired) electrons. The second kappa shape index (κ2) is 14.8. The van der Waals surface area contributed by atoms with Gasteiger partial charge in [0, 0.05) is 24.2 Å². The first-order valence-electron chi connectivity index (χ1n) is 13.7. The van der Waals surface area contributed by atoms with E-state index in [9.17, 15) is 4.39 Å². The van der Waals surface area contributed by atoms with Crippen LogP contribution in [0, 0.1) is 5.82 Å². The molecule has 198 valence electrons. The van der Waals surface area contributed by atoms with Crippen molar-refractivity contribution in [1.82, 2.24) is 10.3 Å². The molecule has 1 heterocycles. The minimum absolute atomic E-state index is 0.124. The highest BCUT2D eigenvalue weighted by atomic mass is 35.5. The summed E-state index contributed by atoms with van der Waals surface area (Å²) >= 11 is 6.10. The zero-order chi connectivity index (χ0) is 26.6. The summed E-state index contributed by atoms with van der Waals surface area (Å²) in [7, 11) is 0. The van der Waals surface area contributed by atoms with Gasteiger partial charge in [0.05, 0.1) is 5.02 Å². The summed E-state index contributed by atoms with van der Waals surface area (Å²) in [6.07, 6.45) is 14.5. The molecule has 1 aliphatic rings. The molecule has 0 fully saturated rings. The number of nitrogens with one attached hydrogen (secondary N) is 1. The number of unbranched alkanes of at least 4 members (excludes halogenated alkanes) is 5. The van der Waals surface area contributed by atoms with Gasteiger partial charge >= 0.3 is 0 Å². The van der Waals surface area contributed by atoms with Gasteiger partial charge in [0.25, 0.3) is 0 Å². The van der Waals surface area contributed by atoms with Gasteiger partial charge in [0.1, 0.15) is 11.6 Å². The predicted molar refractivity (Wildman–Crippen MR) is 157 cm³/mol. The fraction of sp³-hybridized carbons (Fsp3) is 0.406. The summed E-state index contributed by atoms with van der Waals surface area (Å²) in [4.78, 5) is 4.40. The predicted octanol–water partition coefficient (Wildman–Crippen LogP) is 8.84. The number of nitrogen functional groups attached to an aromatic ring is 1. The van der Waals surface area contributed by atoms with Gasteiger partial charge in [-0.1, -0.05) is 94.5 Å². The fourth-order valence-electron chi connectivity index (χ4n) is 4.61. The summed E-state index contributed by atoms with van der Waals surface area (Å²) in [5, 5.41) is 3.36. The highest BCUT2D eigenvalue weighted by molar-refractivity contribution is 6.32. The quantitative estimate of drug-likeness (QED) is 0.221. The maximum absolute atomic E-state index is 13.7. The first-order chi connectivity index (χ1) is 18.0. The van der Waals surface area contributed by atoms with Crippen LogP contribution in [0.15, 0.2) is 61.4 Å². The van der Waals surface area contributed by atoms with Gasteiger partial charge in [-0.25, -0.2) is 9.37 Å². The largest absolute Gasteiger partial charge is 0.391 e. The van der Waals surface area contributed by atoms with E-state index < -0.39 is 0 Å². The molecule has 37 heavy (non-hydrogen) atoms. The average Bonchev–Trinajstić information content (AvgIpc) is 3.61. The van der Waals surface area contributed by atoms with Crippen molar-refractivity contribution in [2.24, 2.45) is 0 Å². The molecular formula is C32H41ClFN3. The van der Waals surface area contributed by atoms with E-state index in [-0.39, 0.29) is 16.8 Å². The number of nitrogens with two attached hydrogens (primary N) is 1. The molecule has 1 atom stereocenters. The van der Waals surface area contributed by atoms with Crippen LogP contribution >= 0.6 is 11.6 Å². The van der Waals surface area contributed by atoms with Crippen molar-refractivity contribution in [2.45, 2.75) is 77.6 Å². The molecule has 3 N–H and O–H groups in total. The molecule has 3 aromatic rings. The number of aromatic nitrogens is 1.